The van der Waals surface area contributed by atoms with Crippen molar-refractivity contribution in [2.45, 2.75) is 38.0 Å². The van der Waals surface area contributed by atoms with Gasteiger partial charge in [0.25, 0.3) is 0 Å². The Balaban J connectivity index is 1.70. The van der Waals surface area contributed by atoms with Gasteiger partial charge in [0.2, 0.25) is 0 Å². The topological polar surface area (TPSA) is 115 Å². The van der Waals surface area contributed by atoms with Crippen molar-refractivity contribution in [3.63, 3.8) is 0 Å². The monoisotopic (exact) mass is 461 g/mol. The molecule has 2 aliphatic carbocycles. The summed E-state index contributed by atoms with van der Waals surface area (Å²) in [5.74, 6) is 0.303. The van der Waals surface area contributed by atoms with Gasteiger partial charge in [-0.1, -0.05) is 24.3 Å². The smallest absolute Gasteiger partial charge is 0.161 e. The largest absolute Gasteiger partial charge is 0.494 e. The molecule has 2 aliphatic heterocycles. The van der Waals surface area contributed by atoms with E-state index < -0.39 is 17.3 Å². The average molecular weight is 462 g/mol. The zero-order valence-corrected chi connectivity index (χ0v) is 19.3. The summed E-state index contributed by atoms with van der Waals surface area (Å²) in [7, 11) is 0. The highest BCUT2D eigenvalue weighted by Crippen LogP contribution is 2.66. The number of Topliss-reactive ketones (excluding diaryl/α,β-unsaturated/α-hetero) is 1. The number of nitrogens with two attached hydrogens (primary N) is 1. The van der Waals surface area contributed by atoms with Gasteiger partial charge in [0.1, 0.15) is 22.8 Å². The van der Waals surface area contributed by atoms with Crippen LogP contribution in [0, 0.1) is 28.1 Å². The number of benzene rings is 2. The summed E-state index contributed by atoms with van der Waals surface area (Å²) in [5.41, 5.74) is 9.50. The van der Waals surface area contributed by atoms with Crippen LogP contribution in [-0.2, 0) is 4.79 Å². The molecule has 7 nitrogen and oxygen atoms in total. The van der Waals surface area contributed by atoms with Crippen molar-refractivity contribution in [3.8, 4) is 17.9 Å². The highest BCUT2D eigenvalue weighted by Gasteiger charge is 2.66. The molecule has 0 aromatic heterocycles. The van der Waals surface area contributed by atoms with Gasteiger partial charge >= 0.3 is 0 Å². The summed E-state index contributed by atoms with van der Waals surface area (Å²) in [6.45, 7) is 2.48. The summed E-state index contributed by atoms with van der Waals surface area (Å²) in [5, 5.41) is 21.0. The molecule has 0 amide bonds. The number of ether oxygens (including phenoxy) is 1. The number of hydrogen-bond acceptors (Lipinski definition) is 7. The second-order valence-corrected chi connectivity index (χ2v) is 9.22. The molecule has 4 aliphatic rings. The van der Waals surface area contributed by atoms with Crippen LogP contribution < -0.4 is 15.4 Å². The summed E-state index contributed by atoms with van der Waals surface area (Å²) < 4.78 is 5.62. The van der Waals surface area contributed by atoms with E-state index in [-0.39, 0.29) is 17.2 Å². The fraction of sp³-hybridized carbons (Fsp3) is 0.286. The van der Waals surface area contributed by atoms with Crippen LogP contribution in [0.4, 0.5) is 5.69 Å². The number of hydrogen-bond donors (Lipinski definition) is 1. The fourth-order valence-electron chi connectivity index (χ4n) is 6.34. The number of amidine groups is 1. The number of ketones is 1. The van der Waals surface area contributed by atoms with Crippen molar-refractivity contribution < 1.29 is 9.53 Å². The van der Waals surface area contributed by atoms with Crippen molar-refractivity contribution in [2.75, 3.05) is 11.5 Å². The van der Waals surface area contributed by atoms with Crippen LogP contribution in [0.25, 0.3) is 0 Å². The van der Waals surface area contributed by atoms with E-state index in [0.717, 1.165) is 34.7 Å². The minimum atomic E-state index is -1.25. The molecule has 0 saturated carbocycles. The van der Waals surface area contributed by atoms with Gasteiger partial charge in [-0.2, -0.15) is 10.5 Å². The third-order valence-electron chi connectivity index (χ3n) is 7.60. The van der Waals surface area contributed by atoms with Gasteiger partial charge in [-0.05, 0) is 55.2 Å². The quantitative estimate of drug-likeness (QED) is 0.724. The van der Waals surface area contributed by atoms with Gasteiger partial charge in [-0.3, -0.25) is 4.79 Å². The molecule has 2 aromatic rings. The zero-order chi connectivity index (χ0) is 24.3. The van der Waals surface area contributed by atoms with Gasteiger partial charge in [-0.15, -0.1) is 0 Å². The van der Waals surface area contributed by atoms with Crippen molar-refractivity contribution >= 4 is 17.3 Å². The third kappa shape index (κ3) is 2.64. The first kappa shape index (κ1) is 21.2. The van der Waals surface area contributed by atoms with E-state index in [1.165, 1.54) is 0 Å². The summed E-state index contributed by atoms with van der Waals surface area (Å²) in [6.07, 6.45) is 1.85. The Labute approximate surface area is 203 Å². The fourth-order valence-corrected chi connectivity index (χ4v) is 6.34. The minimum Gasteiger partial charge on any atom is -0.494 e. The Morgan fingerprint density at radius 2 is 1.83 bits per heavy atom. The highest BCUT2D eigenvalue weighted by molar-refractivity contribution is 6.15. The average Bonchev–Trinajstić information content (AvgIpc) is 3.17. The second-order valence-electron chi connectivity index (χ2n) is 9.22. The Bertz CT molecular complexity index is 1450. The Morgan fingerprint density at radius 3 is 2.49 bits per heavy atom. The second kappa shape index (κ2) is 7.58. The van der Waals surface area contributed by atoms with E-state index in [9.17, 15) is 15.3 Å². The number of allylic oxidation sites excluding steroid dienone is 3. The number of nitriles is 2. The van der Waals surface area contributed by atoms with E-state index in [0.29, 0.717) is 30.9 Å². The Kier molecular flexibility index (Phi) is 4.59. The maximum absolute atomic E-state index is 13.5. The minimum absolute atomic E-state index is 0.0531. The molecule has 0 spiro atoms. The van der Waals surface area contributed by atoms with Crippen LogP contribution in [-0.4, -0.2) is 18.2 Å². The Morgan fingerprint density at radius 1 is 1.11 bits per heavy atom. The molecule has 6 rings (SSSR count). The number of anilines is 1. The van der Waals surface area contributed by atoms with E-state index in [4.69, 9.17) is 15.5 Å². The van der Waals surface area contributed by atoms with Gasteiger partial charge in [0.05, 0.1) is 24.3 Å². The molecule has 7 heteroatoms. The van der Waals surface area contributed by atoms with E-state index in [2.05, 4.69) is 12.1 Å². The zero-order valence-electron chi connectivity index (χ0n) is 19.3. The number of nitrogens with zero attached hydrogens (tertiary/aromatic N) is 4. The predicted octanol–water partition coefficient (Wildman–Crippen LogP) is 4.41. The van der Waals surface area contributed by atoms with E-state index in [1.54, 1.807) is 0 Å². The molecule has 3 atom stereocenters. The first-order valence-electron chi connectivity index (χ1n) is 11.8. The highest BCUT2D eigenvalue weighted by atomic mass is 16.5. The lowest BCUT2D eigenvalue weighted by Gasteiger charge is -2.49. The maximum Gasteiger partial charge on any atom is 0.161 e. The van der Waals surface area contributed by atoms with Gasteiger partial charge in [0.15, 0.2) is 5.78 Å². The van der Waals surface area contributed by atoms with Crippen LogP contribution in [0.2, 0.25) is 0 Å². The Hall–Kier alpha value is -4.36. The standard InChI is InChI=1S/C28H23N5O2/c1-2-35-17-12-10-16(11-13-17)33-21-8-5-9-22(34)23(21)25-19-7-4-3-6-18(19)24-20(14-29)26(31)32-27(33)28(24,25)15-30/h3-4,6-7,10-13,24-25H,2,5,8-9,31H2,1H3/t24-,25+,28+/m1/s1. The van der Waals surface area contributed by atoms with Gasteiger partial charge in [-0.25, -0.2) is 4.99 Å². The number of fused-ring (bicyclic) bond motifs is 4. The molecular weight excluding hydrogens is 438 g/mol. The van der Waals surface area contributed by atoms with Crippen molar-refractivity contribution in [1.82, 2.24) is 0 Å². The van der Waals surface area contributed by atoms with Crippen molar-refractivity contribution in [3.05, 3.63) is 82.3 Å². The first-order valence-corrected chi connectivity index (χ1v) is 11.8. The first-order chi connectivity index (χ1) is 17.1. The van der Waals surface area contributed by atoms with Crippen LogP contribution in [0.5, 0.6) is 5.75 Å². The van der Waals surface area contributed by atoms with Gasteiger partial charge < -0.3 is 15.4 Å². The molecular formula is C28H23N5O2. The van der Waals surface area contributed by atoms with Crippen LogP contribution in [0.15, 0.2) is 76.2 Å². The molecule has 2 heterocycles. The van der Waals surface area contributed by atoms with Crippen molar-refractivity contribution in [2.24, 2.45) is 16.1 Å². The van der Waals surface area contributed by atoms with Crippen LogP contribution in [0.3, 0.4) is 0 Å². The molecule has 172 valence electrons. The SMILES string of the molecule is CCOc1ccc(N2C3=NC(N)=C(C#N)[C@H]4c5ccccc5[C@@H](C5=C2CCCC5=O)[C@@]34C#N)cc1. The molecule has 0 bridgehead atoms. The third-order valence-corrected chi connectivity index (χ3v) is 7.60. The van der Waals surface area contributed by atoms with Gasteiger partial charge in [0, 0.05) is 35.2 Å². The molecule has 0 unspecified atom stereocenters. The van der Waals surface area contributed by atoms with E-state index in [1.807, 2.05) is 60.4 Å². The lowest BCUT2D eigenvalue weighted by atomic mass is 9.60. The summed E-state index contributed by atoms with van der Waals surface area (Å²) >= 11 is 0. The number of aliphatic imine (C=N–C) groups is 1. The number of carbonyl (C=O) groups excluding carboxylic acids is 1. The van der Waals surface area contributed by atoms with Crippen molar-refractivity contribution in [1.29, 1.82) is 10.5 Å². The lowest BCUT2D eigenvalue weighted by molar-refractivity contribution is -0.116. The number of rotatable bonds is 3. The molecule has 35 heavy (non-hydrogen) atoms. The van der Waals surface area contributed by atoms with E-state index >= 15 is 0 Å². The summed E-state index contributed by atoms with van der Waals surface area (Å²) in [6, 6.07) is 20.1. The summed E-state index contributed by atoms with van der Waals surface area (Å²) in [4.78, 5) is 20.2. The molecule has 0 radical (unpaired) electrons. The molecule has 2 N–H and O–H groups in total. The maximum atomic E-state index is 13.5. The molecule has 0 saturated heterocycles. The van der Waals surface area contributed by atoms with Crippen LogP contribution >= 0.6 is 0 Å². The predicted molar refractivity (Wildman–Crippen MR) is 130 cm³/mol. The normalized spacial score (nSPS) is 26.3. The molecule has 0 fully saturated rings. The lowest BCUT2D eigenvalue weighted by Crippen LogP contribution is -2.55. The molecule has 2 aromatic carbocycles. The van der Waals surface area contributed by atoms with Crippen LogP contribution in [0.1, 0.15) is 49.1 Å². The number of carbonyl (C=O) groups is 1.